The fourth-order valence-corrected chi connectivity index (χ4v) is 1.95. The minimum atomic E-state index is 0.0729. The van der Waals surface area contributed by atoms with Crippen molar-refractivity contribution in [3.05, 3.63) is 28.5 Å². The highest BCUT2D eigenvalue weighted by Gasteiger charge is 2.23. The van der Waals surface area contributed by atoms with Gasteiger partial charge in [-0.2, -0.15) is 0 Å². The molecule has 1 nitrogen and oxygen atoms in total. The first-order chi connectivity index (χ1) is 5.29. The van der Waals surface area contributed by atoms with E-state index in [4.69, 9.17) is 23.2 Å². The highest BCUT2D eigenvalue weighted by molar-refractivity contribution is 6.31. The third kappa shape index (κ3) is 1.13. The smallest absolute Gasteiger partial charge is 0.0763 e. The molecule has 0 saturated heterocycles. The Morgan fingerprint density at radius 2 is 2.36 bits per heavy atom. The van der Waals surface area contributed by atoms with Gasteiger partial charge in [-0.15, -0.1) is 11.6 Å². The summed E-state index contributed by atoms with van der Waals surface area (Å²) in [6, 6.07) is 1.81. The maximum Gasteiger partial charge on any atom is 0.0763 e. The van der Waals surface area contributed by atoms with Crippen molar-refractivity contribution in [3.8, 4) is 0 Å². The normalized spacial score (nSPS) is 21.8. The lowest BCUT2D eigenvalue weighted by atomic mass is 10.2. The number of hydrogen-bond donors (Lipinski definition) is 0. The number of aromatic nitrogens is 1. The van der Waals surface area contributed by atoms with Gasteiger partial charge in [-0.1, -0.05) is 11.6 Å². The summed E-state index contributed by atoms with van der Waals surface area (Å²) in [5.74, 6) is 0. The molecule has 0 bridgehead atoms. The van der Waals surface area contributed by atoms with E-state index >= 15 is 0 Å². The van der Waals surface area contributed by atoms with Crippen molar-refractivity contribution in [1.82, 2.24) is 4.98 Å². The number of halogens is 2. The zero-order valence-electron chi connectivity index (χ0n) is 5.85. The standard InChI is InChI=1S/C8H7Cl2N/c9-6-3-4-11-8-5(6)1-2-7(8)10/h3-4,7H,1-2H2/t7-/m1/s1. The summed E-state index contributed by atoms with van der Waals surface area (Å²) in [6.45, 7) is 0. The summed E-state index contributed by atoms with van der Waals surface area (Å²) in [5.41, 5.74) is 2.10. The minimum Gasteiger partial charge on any atom is -0.259 e. The fourth-order valence-electron chi connectivity index (χ4n) is 1.41. The SMILES string of the molecule is Clc1ccnc2c1CC[C@H]2Cl. The quantitative estimate of drug-likeness (QED) is 0.570. The van der Waals surface area contributed by atoms with E-state index in [2.05, 4.69) is 4.98 Å². The fraction of sp³-hybridized carbons (Fsp3) is 0.375. The van der Waals surface area contributed by atoms with Crippen LogP contribution in [0.15, 0.2) is 12.3 Å². The lowest BCUT2D eigenvalue weighted by Gasteiger charge is -2.00. The average Bonchev–Trinajstić information content (AvgIpc) is 2.35. The minimum absolute atomic E-state index is 0.0729. The molecule has 0 radical (unpaired) electrons. The van der Waals surface area contributed by atoms with Crippen molar-refractivity contribution >= 4 is 23.2 Å². The van der Waals surface area contributed by atoms with E-state index in [1.807, 2.05) is 6.07 Å². The maximum atomic E-state index is 5.99. The lowest BCUT2D eigenvalue weighted by molar-refractivity contribution is 0.867. The Morgan fingerprint density at radius 1 is 1.55 bits per heavy atom. The molecule has 0 spiro atoms. The molecule has 0 aromatic carbocycles. The van der Waals surface area contributed by atoms with E-state index in [0.29, 0.717) is 0 Å². The third-order valence-electron chi connectivity index (χ3n) is 1.98. The van der Waals surface area contributed by atoms with Crippen LogP contribution in [0.5, 0.6) is 0 Å². The molecular formula is C8H7Cl2N. The summed E-state index contributed by atoms with van der Waals surface area (Å²) in [4.78, 5) is 4.18. The monoisotopic (exact) mass is 187 g/mol. The van der Waals surface area contributed by atoms with Crippen molar-refractivity contribution in [2.75, 3.05) is 0 Å². The Labute approximate surface area is 75.3 Å². The lowest BCUT2D eigenvalue weighted by Crippen LogP contribution is -1.88. The number of rotatable bonds is 0. The molecular weight excluding hydrogens is 181 g/mol. The van der Waals surface area contributed by atoms with Crippen LogP contribution in [0.1, 0.15) is 23.1 Å². The van der Waals surface area contributed by atoms with E-state index in [1.54, 1.807) is 6.20 Å². The summed E-state index contributed by atoms with van der Waals surface area (Å²) >= 11 is 11.9. The van der Waals surface area contributed by atoms with Gasteiger partial charge in [0.25, 0.3) is 0 Å². The van der Waals surface area contributed by atoms with Crippen LogP contribution < -0.4 is 0 Å². The van der Waals surface area contributed by atoms with E-state index in [0.717, 1.165) is 29.1 Å². The van der Waals surface area contributed by atoms with E-state index in [-0.39, 0.29) is 5.38 Å². The molecule has 1 atom stereocenters. The van der Waals surface area contributed by atoms with Crippen molar-refractivity contribution in [1.29, 1.82) is 0 Å². The van der Waals surface area contributed by atoms with Crippen molar-refractivity contribution < 1.29 is 0 Å². The Hall–Kier alpha value is -0.270. The van der Waals surface area contributed by atoms with Crippen molar-refractivity contribution in [2.24, 2.45) is 0 Å². The van der Waals surface area contributed by atoms with E-state index in [9.17, 15) is 0 Å². The second kappa shape index (κ2) is 2.65. The molecule has 0 fully saturated rings. The Kier molecular flexibility index (Phi) is 1.78. The van der Waals surface area contributed by atoms with Gasteiger partial charge in [0.05, 0.1) is 11.1 Å². The number of nitrogens with zero attached hydrogens (tertiary/aromatic N) is 1. The first-order valence-corrected chi connectivity index (χ1v) is 4.38. The average molecular weight is 188 g/mol. The van der Waals surface area contributed by atoms with Crippen LogP contribution in [-0.2, 0) is 6.42 Å². The number of fused-ring (bicyclic) bond motifs is 1. The number of alkyl halides is 1. The first-order valence-electron chi connectivity index (χ1n) is 3.56. The maximum absolute atomic E-state index is 5.99. The molecule has 1 aliphatic carbocycles. The summed E-state index contributed by atoms with van der Waals surface area (Å²) in [5, 5.41) is 0.877. The molecule has 0 aliphatic heterocycles. The molecule has 3 heteroatoms. The topological polar surface area (TPSA) is 12.9 Å². The highest BCUT2D eigenvalue weighted by atomic mass is 35.5. The van der Waals surface area contributed by atoms with Crippen LogP contribution in [0.3, 0.4) is 0 Å². The van der Waals surface area contributed by atoms with Gasteiger partial charge in [-0.05, 0) is 24.5 Å². The molecule has 1 heterocycles. The van der Waals surface area contributed by atoms with Crippen LogP contribution in [0, 0.1) is 0 Å². The summed E-state index contributed by atoms with van der Waals surface area (Å²) in [6.07, 6.45) is 3.64. The Balaban J connectivity index is 2.57. The predicted octanol–water partition coefficient (Wildman–Crippen LogP) is 2.96. The zero-order valence-corrected chi connectivity index (χ0v) is 7.36. The molecule has 1 aromatic heterocycles. The van der Waals surface area contributed by atoms with E-state index < -0.39 is 0 Å². The van der Waals surface area contributed by atoms with Gasteiger partial charge >= 0.3 is 0 Å². The molecule has 0 unspecified atom stereocenters. The van der Waals surface area contributed by atoms with Gasteiger partial charge in [0, 0.05) is 11.2 Å². The van der Waals surface area contributed by atoms with Crippen LogP contribution in [0.2, 0.25) is 5.02 Å². The number of hydrogen-bond acceptors (Lipinski definition) is 1. The molecule has 58 valence electrons. The number of pyridine rings is 1. The molecule has 0 N–H and O–H groups in total. The highest BCUT2D eigenvalue weighted by Crippen LogP contribution is 2.37. The second-order valence-corrected chi connectivity index (χ2v) is 3.60. The van der Waals surface area contributed by atoms with Gasteiger partial charge < -0.3 is 0 Å². The molecule has 0 amide bonds. The van der Waals surface area contributed by atoms with Crippen LogP contribution >= 0.6 is 23.2 Å². The first kappa shape index (κ1) is 7.38. The Bertz CT molecular complexity index is 285. The molecule has 0 saturated carbocycles. The zero-order chi connectivity index (χ0) is 7.84. The van der Waals surface area contributed by atoms with Crippen LogP contribution in [-0.4, -0.2) is 4.98 Å². The largest absolute Gasteiger partial charge is 0.259 e. The molecule has 11 heavy (non-hydrogen) atoms. The summed E-state index contributed by atoms with van der Waals surface area (Å²) in [7, 11) is 0. The van der Waals surface area contributed by atoms with Crippen molar-refractivity contribution in [3.63, 3.8) is 0 Å². The molecule has 1 aromatic rings. The molecule has 2 rings (SSSR count). The second-order valence-electron chi connectivity index (χ2n) is 2.66. The van der Waals surface area contributed by atoms with Gasteiger partial charge in [0.2, 0.25) is 0 Å². The van der Waals surface area contributed by atoms with Gasteiger partial charge in [0.15, 0.2) is 0 Å². The molecule has 1 aliphatic rings. The van der Waals surface area contributed by atoms with Crippen molar-refractivity contribution in [2.45, 2.75) is 18.2 Å². The van der Waals surface area contributed by atoms with Gasteiger partial charge in [-0.3, -0.25) is 4.98 Å². The van der Waals surface area contributed by atoms with Crippen LogP contribution in [0.25, 0.3) is 0 Å². The van der Waals surface area contributed by atoms with Gasteiger partial charge in [0.1, 0.15) is 0 Å². The Morgan fingerprint density at radius 3 is 3.09 bits per heavy atom. The predicted molar refractivity (Wildman–Crippen MR) is 46.2 cm³/mol. The summed E-state index contributed by atoms with van der Waals surface area (Å²) < 4.78 is 0. The van der Waals surface area contributed by atoms with Crippen LogP contribution in [0.4, 0.5) is 0 Å². The van der Waals surface area contributed by atoms with Gasteiger partial charge in [-0.25, -0.2) is 0 Å². The van der Waals surface area contributed by atoms with E-state index in [1.165, 1.54) is 0 Å². The third-order valence-corrected chi connectivity index (χ3v) is 2.76.